The summed E-state index contributed by atoms with van der Waals surface area (Å²) in [4.78, 5) is 8.07. The maximum absolute atomic E-state index is 10.0. The first-order valence-electron chi connectivity index (χ1n) is 5.62. The van der Waals surface area contributed by atoms with Crippen LogP contribution in [0.5, 0.6) is 0 Å². The minimum absolute atomic E-state index is 0.347. The van der Waals surface area contributed by atoms with Crippen LogP contribution in [0.25, 0.3) is 0 Å². The smallest absolute Gasteiger partial charge is 0.129 e. The van der Waals surface area contributed by atoms with Gasteiger partial charge in [-0.25, -0.2) is 9.97 Å². The molecule has 0 fully saturated rings. The lowest BCUT2D eigenvalue weighted by Gasteiger charge is -2.13. The molecule has 94 valence electrons. The van der Waals surface area contributed by atoms with Gasteiger partial charge in [0.2, 0.25) is 0 Å². The van der Waals surface area contributed by atoms with Crippen molar-refractivity contribution in [1.82, 2.24) is 9.97 Å². The van der Waals surface area contributed by atoms with Crippen molar-refractivity contribution in [2.24, 2.45) is 0 Å². The van der Waals surface area contributed by atoms with Crippen LogP contribution < -0.4 is 5.32 Å². The molecule has 0 aliphatic rings. The zero-order valence-corrected chi connectivity index (χ0v) is 10.7. The number of rotatable bonds is 4. The standard InChI is InChI=1S/C13H14ClN3O/c1-9-6-13(17-8-16-9)15-7-12(18)10-4-2-3-5-11(10)14/h2-6,8,12,18H,7H2,1H3,(H,15,16,17). The quantitative estimate of drug-likeness (QED) is 0.890. The molecule has 0 aliphatic heterocycles. The Hall–Kier alpha value is -1.65. The number of anilines is 1. The Balaban J connectivity index is 2.00. The SMILES string of the molecule is Cc1cc(NCC(O)c2ccccc2Cl)ncn1. The van der Waals surface area contributed by atoms with Crippen LogP contribution in [0.15, 0.2) is 36.7 Å². The summed E-state index contributed by atoms with van der Waals surface area (Å²) in [7, 11) is 0. The van der Waals surface area contributed by atoms with Crippen molar-refractivity contribution < 1.29 is 5.11 Å². The van der Waals surface area contributed by atoms with Crippen LogP contribution in [0, 0.1) is 6.92 Å². The predicted octanol–water partition coefficient (Wildman–Crippen LogP) is 2.58. The Labute approximate surface area is 111 Å². The van der Waals surface area contributed by atoms with Gasteiger partial charge >= 0.3 is 0 Å². The third-order valence-electron chi connectivity index (χ3n) is 2.54. The maximum atomic E-state index is 10.0. The number of nitrogens with one attached hydrogen (secondary N) is 1. The highest BCUT2D eigenvalue weighted by Crippen LogP contribution is 2.22. The molecule has 4 nitrogen and oxygen atoms in total. The van der Waals surface area contributed by atoms with E-state index in [1.807, 2.05) is 25.1 Å². The predicted molar refractivity (Wildman–Crippen MR) is 71.7 cm³/mol. The van der Waals surface area contributed by atoms with E-state index in [9.17, 15) is 5.11 Å². The van der Waals surface area contributed by atoms with Crippen LogP contribution in [-0.2, 0) is 0 Å². The zero-order valence-electron chi connectivity index (χ0n) is 9.97. The Morgan fingerprint density at radius 2 is 2.11 bits per heavy atom. The summed E-state index contributed by atoms with van der Waals surface area (Å²) >= 11 is 6.01. The fourth-order valence-electron chi connectivity index (χ4n) is 1.61. The van der Waals surface area contributed by atoms with E-state index >= 15 is 0 Å². The van der Waals surface area contributed by atoms with Crippen molar-refractivity contribution in [3.8, 4) is 0 Å². The number of aliphatic hydroxyl groups is 1. The summed E-state index contributed by atoms with van der Waals surface area (Å²) in [6, 6.07) is 9.06. The highest BCUT2D eigenvalue weighted by atomic mass is 35.5. The minimum Gasteiger partial charge on any atom is -0.387 e. The second kappa shape index (κ2) is 5.80. The number of halogens is 1. The molecule has 1 atom stereocenters. The van der Waals surface area contributed by atoms with Crippen LogP contribution >= 0.6 is 11.6 Å². The molecular formula is C13H14ClN3O. The number of benzene rings is 1. The van der Waals surface area contributed by atoms with Gasteiger partial charge in [-0.15, -0.1) is 0 Å². The van der Waals surface area contributed by atoms with Gasteiger partial charge in [-0.3, -0.25) is 0 Å². The van der Waals surface area contributed by atoms with E-state index in [4.69, 9.17) is 11.6 Å². The lowest BCUT2D eigenvalue weighted by Crippen LogP contribution is -2.13. The second-order valence-electron chi connectivity index (χ2n) is 3.96. The molecule has 0 aliphatic carbocycles. The summed E-state index contributed by atoms with van der Waals surface area (Å²) in [5, 5.41) is 13.7. The lowest BCUT2D eigenvalue weighted by atomic mass is 10.1. The highest BCUT2D eigenvalue weighted by Gasteiger charge is 2.10. The third kappa shape index (κ3) is 3.18. The first-order chi connectivity index (χ1) is 8.66. The molecule has 1 aromatic heterocycles. The van der Waals surface area contributed by atoms with Gasteiger partial charge in [-0.2, -0.15) is 0 Å². The molecule has 2 rings (SSSR count). The minimum atomic E-state index is -0.672. The third-order valence-corrected chi connectivity index (χ3v) is 2.89. The van der Waals surface area contributed by atoms with Crippen LogP contribution in [-0.4, -0.2) is 21.6 Å². The van der Waals surface area contributed by atoms with E-state index < -0.39 is 6.10 Å². The van der Waals surface area contributed by atoms with Crippen LogP contribution in [0.1, 0.15) is 17.4 Å². The maximum Gasteiger partial charge on any atom is 0.129 e. The molecule has 5 heteroatoms. The van der Waals surface area contributed by atoms with Gasteiger partial charge in [0.1, 0.15) is 12.1 Å². The van der Waals surface area contributed by atoms with E-state index in [1.165, 1.54) is 6.33 Å². The van der Waals surface area contributed by atoms with E-state index in [2.05, 4.69) is 15.3 Å². The second-order valence-corrected chi connectivity index (χ2v) is 4.37. The van der Waals surface area contributed by atoms with Gasteiger partial charge in [0, 0.05) is 28.9 Å². The molecule has 2 N–H and O–H groups in total. The number of aliphatic hydroxyl groups excluding tert-OH is 1. The molecule has 0 radical (unpaired) electrons. The van der Waals surface area contributed by atoms with Gasteiger partial charge in [0.25, 0.3) is 0 Å². The Morgan fingerprint density at radius 1 is 1.33 bits per heavy atom. The molecule has 1 heterocycles. The van der Waals surface area contributed by atoms with E-state index in [0.29, 0.717) is 22.9 Å². The van der Waals surface area contributed by atoms with Gasteiger partial charge < -0.3 is 10.4 Å². The number of hydrogen-bond donors (Lipinski definition) is 2. The van der Waals surface area contributed by atoms with Crippen LogP contribution in [0.3, 0.4) is 0 Å². The highest BCUT2D eigenvalue weighted by molar-refractivity contribution is 6.31. The Kier molecular flexibility index (Phi) is 4.12. The van der Waals surface area contributed by atoms with Crippen LogP contribution in [0.2, 0.25) is 5.02 Å². The summed E-state index contributed by atoms with van der Waals surface area (Å²) in [5.41, 5.74) is 1.58. The first-order valence-corrected chi connectivity index (χ1v) is 5.99. The molecular weight excluding hydrogens is 250 g/mol. The molecule has 18 heavy (non-hydrogen) atoms. The first kappa shape index (κ1) is 12.8. The number of aromatic nitrogens is 2. The van der Waals surface area contributed by atoms with Gasteiger partial charge in [-0.05, 0) is 13.0 Å². The van der Waals surface area contributed by atoms with E-state index in [-0.39, 0.29) is 0 Å². The number of aryl methyl sites for hydroxylation is 1. The molecule has 0 amide bonds. The van der Waals surface area contributed by atoms with Crippen molar-refractivity contribution in [3.05, 3.63) is 52.9 Å². The number of nitrogens with zero attached hydrogens (tertiary/aromatic N) is 2. The van der Waals surface area contributed by atoms with Crippen molar-refractivity contribution in [1.29, 1.82) is 0 Å². The molecule has 0 spiro atoms. The topological polar surface area (TPSA) is 58.0 Å². The molecule has 0 saturated carbocycles. The van der Waals surface area contributed by atoms with Crippen molar-refractivity contribution in [2.75, 3.05) is 11.9 Å². The molecule has 1 unspecified atom stereocenters. The fraction of sp³-hybridized carbons (Fsp3) is 0.231. The monoisotopic (exact) mass is 263 g/mol. The van der Waals surface area contributed by atoms with Gasteiger partial charge in [0.15, 0.2) is 0 Å². The average molecular weight is 264 g/mol. The van der Waals surface area contributed by atoms with E-state index in [0.717, 1.165) is 5.69 Å². The fourth-order valence-corrected chi connectivity index (χ4v) is 1.87. The Morgan fingerprint density at radius 3 is 2.83 bits per heavy atom. The van der Waals surface area contributed by atoms with Crippen LogP contribution in [0.4, 0.5) is 5.82 Å². The molecule has 2 aromatic rings. The van der Waals surface area contributed by atoms with Crippen molar-refractivity contribution in [2.45, 2.75) is 13.0 Å². The van der Waals surface area contributed by atoms with Gasteiger partial charge in [0.05, 0.1) is 6.10 Å². The molecule has 0 bridgehead atoms. The summed E-state index contributed by atoms with van der Waals surface area (Å²) in [6.07, 6.45) is 0.813. The van der Waals surface area contributed by atoms with Gasteiger partial charge in [-0.1, -0.05) is 29.8 Å². The zero-order chi connectivity index (χ0) is 13.0. The summed E-state index contributed by atoms with van der Waals surface area (Å²) in [5.74, 6) is 0.689. The molecule has 0 saturated heterocycles. The number of hydrogen-bond acceptors (Lipinski definition) is 4. The summed E-state index contributed by atoms with van der Waals surface area (Å²) < 4.78 is 0. The normalized spacial score (nSPS) is 12.2. The lowest BCUT2D eigenvalue weighted by molar-refractivity contribution is 0.191. The molecule has 1 aromatic carbocycles. The summed E-state index contributed by atoms with van der Waals surface area (Å²) in [6.45, 7) is 2.23. The average Bonchev–Trinajstić information content (AvgIpc) is 2.37. The van der Waals surface area contributed by atoms with Crippen molar-refractivity contribution in [3.63, 3.8) is 0 Å². The Bertz CT molecular complexity index is 533. The largest absolute Gasteiger partial charge is 0.387 e. The van der Waals surface area contributed by atoms with Crippen molar-refractivity contribution >= 4 is 17.4 Å². The van der Waals surface area contributed by atoms with E-state index in [1.54, 1.807) is 12.1 Å².